The number of likely N-dealkylation sites (tertiary alicyclic amines) is 1. The van der Waals surface area contributed by atoms with Gasteiger partial charge in [0.15, 0.2) is 0 Å². The zero-order valence-corrected chi connectivity index (χ0v) is 21.1. The monoisotopic (exact) mass is 523 g/mol. The standard InChI is InChI=1S/C27H29N3O6S/c1-17(19-5-7-21(8-6-19)27(33)34)29-26(32)24-3-2-14-30(24)16-18-4-13-25(31)23(15-18)20-9-11-22(12-10-20)37(28,35)36/h4-13,15,17,24,31H,2-3,14,16H2,1H3,(H,29,32)(H,33,34)(H2,28,35,36)/t17-,24+/m0/s1. The Morgan fingerprint density at radius 2 is 1.76 bits per heavy atom. The fourth-order valence-corrected chi connectivity index (χ4v) is 5.11. The van der Waals surface area contributed by atoms with Crippen LogP contribution in [0.5, 0.6) is 5.75 Å². The molecular weight excluding hydrogens is 494 g/mol. The third-order valence-corrected chi connectivity index (χ3v) is 7.55. The number of carbonyl (C=O) groups excluding carboxylic acids is 1. The lowest BCUT2D eigenvalue weighted by Gasteiger charge is -2.26. The molecule has 9 nitrogen and oxygen atoms in total. The van der Waals surface area contributed by atoms with Gasteiger partial charge in [0.1, 0.15) is 5.75 Å². The van der Waals surface area contributed by atoms with Gasteiger partial charge in [0.2, 0.25) is 15.9 Å². The van der Waals surface area contributed by atoms with Crippen molar-refractivity contribution in [3.8, 4) is 16.9 Å². The molecule has 3 aromatic rings. The van der Waals surface area contributed by atoms with E-state index in [1.807, 2.05) is 13.0 Å². The maximum Gasteiger partial charge on any atom is 0.335 e. The number of rotatable bonds is 8. The Balaban J connectivity index is 1.45. The minimum absolute atomic E-state index is 0.00938. The molecule has 1 aliphatic rings. The number of carboxylic acids is 1. The maximum absolute atomic E-state index is 13.1. The summed E-state index contributed by atoms with van der Waals surface area (Å²) in [5.74, 6) is -1.03. The molecule has 37 heavy (non-hydrogen) atoms. The van der Waals surface area contributed by atoms with Crippen molar-refractivity contribution in [3.05, 3.63) is 83.4 Å². The molecule has 0 aromatic heterocycles. The topological polar surface area (TPSA) is 150 Å². The molecule has 0 spiro atoms. The normalized spacial score (nSPS) is 16.9. The lowest BCUT2D eigenvalue weighted by atomic mass is 10.0. The second-order valence-corrected chi connectivity index (χ2v) is 10.8. The van der Waals surface area contributed by atoms with Crippen LogP contribution < -0.4 is 10.5 Å². The first kappa shape index (κ1) is 26.3. The average Bonchev–Trinajstić information content (AvgIpc) is 3.33. The predicted octanol–water partition coefficient (Wildman–Crippen LogP) is 3.25. The largest absolute Gasteiger partial charge is 0.507 e. The zero-order valence-electron chi connectivity index (χ0n) is 20.3. The van der Waals surface area contributed by atoms with Crippen LogP contribution >= 0.6 is 0 Å². The molecule has 0 aliphatic carbocycles. The molecule has 4 rings (SSSR count). The Morgan fingerprint density at radius 3 is 2.38 bits per heavy atom. The number of hydrogen-bond donors (Lipinski definition) is 4. The van der Waals surface area contributed by atoms with Crippen molar-refractivity contribution in [1.82, 2.24) is 10.2 Å². The lowest BCUT2D eigenvalue weighted by Crippen LogP contribution is -2.43. The quantitative estimate of drug-likeness (QED) is 0.354. The van der Waals surface area contributed by atoms with Crippen LogP contribution in [0.2, 0.25) is 0 Å². The smallest absolute Gasteiger partial charge is 0.335 e. The minimum atomic E-state index is -3.81. The Morgan fingerprint density at radius 1 is 1.08 bits per heavy atom. The van der Waals surface area contributed by atoms with E-state index >= 15 is 0 Å². The van der Waals surface area contributed by atoms with E-state index in [0.29, 0.717) is 17.7 Å². The number of phenolic OH excluding ortho intramolecular Hbond substituents is 1. The average molecular weight is 524 g/mol. The minimum Gasteiger partial charge on any atom is -0.507 e. The van der Waals surface area contributed by atoms with Gasteiger partial charge in [0.25, 0.3) is 0 Å². The number of benzene rings is 3. The van der Waals surface area contributed by atoms with E-state index in [0.717, 1.165) is 30.5 Å². The molecule has 1 fully saturated rings. The van der Waals surface area contributed by atoms with Crippen LogP contribution in [0.1, 0.15) is 47.3 Å². The van der Waals surface area contributed by atoms with Crippen molar-refractivity contribution in [2.24, 2.45) is 5.14 Å². The second kappa shape index (κ2) is 10.7. The second-order valence-electron chi connectivity index (χ2n) is 9.21. The highest BCUT2D eigenvalue weighted by molar-refractivity contribution is 7.89. The van der Waals surface area contributed by atoms with Gasteiger partial charge in [-0.05, 0) is 79.4 Å². The van der Waals surface area contributed by atoms with Crippen LogP contribution in [-0.4, -0.2) is 48.0 Å². The Kier molecular flexibility index (Phi) is 7.63. The molecule has 1 amide bonds. The van der Waals surface area contributed by atoms with Crippen molar-refractivity contribution >= 4 is 21.9 Å². The molecule has 10 heteroatoms. The summed E-state index contributed by atoms with van der Waals surface area (Å²) in [6.45, 7) is 3.11. The fourth-order valence-electron chi connectivity index (χ4n) is 4.59. The van der Waals surface area contributed by atoms with Crippen molar-refractivity contribution in [3.63, 3.8) is 0 Å². The molecule has 1 heterocycles. The SMILES string of the molecule is C[C@H](NC(=O)[C@H]1CCCN1Cc1ccc(O)c(-c2ccc(S(N)(=O)=O)cc2)c1)c1ccc(C(=O)O)cc1. The van der Waals surface area contributed by atoms with Gasteiger partial charge in [-0.25, -0.2) is 18.4 Å². The highest BCUT2D eigenvalue weighted by Gasteiger charge is 2.31. The summed E-state index contributed by atoms with van der Waals surface area (Å²) < 4.78 is 23.1. The first-order valence-corrected chi connectivity index (χ1v) is 13.4. The third-order valence-electron chi connectivity index (χ3n) is 6.62. The number of aromatic hydroxyl groups is 1. The van der Waals surface area contributed by atoms with Gasteiger partial charge in [-0.15, -0.1) is 0 Å². The van der Waals surface area contributed by atoms with Crippen LogP contribution in [-0.2, 0) is 21.4 Å². The Labute approximate surface area is 215 Å². The Bertz CT molecular complexity index is 1410. The van der Waals surface area contributed by atoms with E-state index in [1.54, 1.807) is 36.4 Å². The summed E-state index contributed by atoms with van der Waals surface area (Å²) >= 11 is 0. The van der Waals surface area contributed by atoms with Crippen LogP contribution in [0.15, 0.2) is 71.6 Å². The number of nitrogens with zero attached hydrogens (tertiary/aromatic N) is 1. The number of hydrogen-bond acceptors (Lipinski definition) is 6. The summed E-state index contributed by atoms with van der Waals surface area (Å²) in [5.41, 5.74) is 3.11. The highest BCUT2D eigenvalue weighted by atomic mass is 32.2. The summed E-state index contributed by atoms with van der Waals surface area (Å²) in [7, 11) is -3.81. The van der Waals surface area contributed by atoms with Gasteiger partial charge >= 0.3 is 5.97 Å². The molecule has 2 atom stereocenters. The molecule has 0 unspecified atom stereocenters. The number of primary sulfonamides is 1. The van der Waals surface area contributed by atoms with Crippen molar-refractivity contribution in [2.75, 3.05) is 6.54 Å². The van der Waals surface area contributed by atoms with Gasteiger partial charge in [0.05, 0.1) is 22.5 Å². The summed E-state index contributed by atoms with van der Waals surface area (Å²) in [6.07, 6.45) is 1.59. The van der Waals surface area contributed by atoms with Gasteiger partial charge in [-0.2, -0.15) is 0 Å². The predicted molar refractivity (Wildman–Crippen MR) is 138 cm³/mol. The number of nitrogens with one attached hydrogen (secondary N) is 1. The molecule has 1 aliphatic heterocycles. The molecule has 5 N–H and O–H groups in total. The van der Waals surface area contributed by atoms with Crippen molar-refractivity contribution in [1.29, 1.82) is 0 Å². The molecule has 0 saturated carbocycles. The third kappa shape index (κ3) is 6.16. The van der Waals surface area contributed by atoms with Crippen LogP contribution in [0.25, 0.3) is 11.1 Å². The van der Waals surface area contributed by atoms with Gasteiger partial charge in [-0.1, -0.05) is 30.3 Å². The van der Waals surface area contributed by atoms with Gasteiger partial charge < -0.3 is 15.5 Å². The molecule has 0 radical (unpaired) electrons. The zero-order chi connectivity index (χ0) is 26.7. The fraction of sp³-hybridized carbons (Fsp3) is 0.259. The molecular formula is C27H29N3O6S. The number of nitrogens with two attached hydrogens (primary N) is 1. The number of carbonyl (C=O) groups is 2. The number of amides is 1. The number of aromatic carboxylic acids is 1. The number of phenols is 1. The van der Waals surface area contributed by atoms with E-state index in [1.165, 1.54) is 24.3 Å². The first-order chi connectivity index (χ1) is 17.5. The van der Waals surface area contributed by atoms with Crippen molar-refractivity contribution < 1.29 is 28.2 Å². The molecule has 194 valence electrons. The Hall–Kier alpha value is -3.73. The van der Waals surface area contributed by atoms with E-state index in [-0.39, 0.29) is 34.2 Å². The van der Waals surface area contributed by atoms with E-state index in [9.17, 15) is 23.1 Å². The summed E-state index contributed by atoms with van der Waals surface area (Å²) in [4.78, 5) is 26.3. The van der Waals surface area contributed by atoms with E-state index in [2.05, 4.69) is 10.2 Å². The van der Waals surface area contributed by atoms with Crippen LogP contribution in [0.3, 0.4) is 0 Å². The van der Waals surface area contributed by atoms with Crippen LogP contribution in [0, 0.1) is 0 Å². The molecule has 3 aromatic carbocycles. The highest BCUT2D eigenvalue weighted by Crippen LogP contribution is 2.32. The summed E-state index contributed by atoms with van der Waals surface area (Å²) in [5, 5.41) is 27.7. The van der Waals surface area contributed by atoms with Gasteiger partial charge in [-0.3, -0.25) is 9.69 Å². The maximum atomic E-state index is 13.1. The van der Waals surface area contributed by atoms with Crippen LogP contribution in [0.4, 0.5) is 0 Å². The number of carboxylic acid groups (broad SMARTS) is 1. The van der Waals surface area contributed by atoms with E-state index < -0.39 is 16.0 Å². The van der Waals surface area contributed by atoms with Crippen molar-refractivity contribution in [2.45, 2.75) is 43.3 Å². The van der Waals surface area contributed by atoms with Gasteiger partial charge in [0, 0.05) is 12.1 Å². The number of sulfonamides is 1. The lowest BCUT2D eigenvalue weighted by molar-refractivity contribution is -0.126. The molecule has 0 bridgehead atoms. The summed E-state index contributed by atoms with van der Waals surface area (Å²) in [6, 6.07) is 17.1. The first-order valence-electron chi connectivity index (χ1n) is 11.9. The van der Waals surface area contributed by atoms with E-state index in [4.69, 9.17) is 10.2 Å². The molecule has 1 saturated heterocycles.